The van der Waals surface area contributed by atoms with E-state index in [4.69, 9.17) is 9.84 Å². The van der Waals surface area contributed by atoms with E-state index < -0.39 is 17.7 Å². The molecule has 0 radical (unpaired) electrons. The molecule has 2 rings (SSSR count). The molecule has 1 aromatic carbocycles. The number of carbonyl (C=O) groups is 2. The van der Waals surface area contributed by atoms with Gasteiger partial charge in [-0.05, 0) is 30.0 Å². The number of carboxylic acid groups (broad SMARTS) is 1. The summed E-state index contributed by atoms with van der Waals surface area (Å²) in [6.07, 6.45) is -2.24. The summed E-state index contributed by atoms with van der Waals surface area (Å²) in [6, 6.07) is 11.8. The van der Waals surface area contributed by atoms with Crippen molar-refractivity contribution in [3.05, 3.63) is 64.1 Å². The molecule has 146 valence electrons. The Morgan fingerprint density at radius 2 is 1.63 bits per heavy atom. The summed E-state index contributed by atoms with van der Waals surface area (Å²) < 4.78 is 5.52. The third-order valence-corrected chi connectivity index (χ3v) is 2.92. The van der Waals surface area contributed by atoms with Gasteiger partial charge in [0, 0.05) is 5.69 Å². The molecule has 1 heterocycles. The lowest BCUT2D eigenvalue weighted by Crippen LogP contribution is -2.31. The summed E-state index contributed by atoms with van der Waals surface area (Å²) in [5, 5.41) is 11.2. The number of amides is 1. The van der Waals surface area contributed by atoms with Crippen molar-refractivity contribution in [3.8, 4) is 0 Å². The van der Waals surface area contributed by atoms with Crippen LogP contribution in [0, 0.1) is 12.3 Å². The molecule has 7 nitrogen and oxygen atoms in total. The van der Waals surface area contributed by atoms with Crippen LogP contribution in [0.2, 0.25) is 0 Å². The first-order valence-electron chi connectivity index (χ1n) is 8.42. The van der Waals surface area contributed by atoms with Gasteiger partial charge >= 0.3 is 12.2 Å². The molecule has 0 unspecified atom stereocenters. The van der Waals surface area contributed by atoms with Crippen LogP contribution in [-0.2, 0) is 11.3 Å². The number of hydrogen-bond donors (Lipinski definition) is 2. The van der Waals surface area contributed by atoms with Gasteiger partial charge in [-0.15, -0.1) is 0 Å². The van der Waals surface area contributed by atoms with Crippen LogP contribution in [0.4, 0.5) is 15.3 Å². The number of ether oxygens (including phenoxy) is 1. The van der Waals surface area contributed by atoms with Gasteiger partial charge in [0.05, 0.1) is 0 Å². The highest BCUT2D eigenvalue weighted by Gasteiger charge is 2.14. The normalized spacial score (nSPS) is 10.4. The van der Waals surface area contributed by atoms with Gasteiger partial charge in [-0.25, -0.2) is 14.2 Å². The summed E-state index contributed by atoms with van der Waals surface area (Å²) in [5.41, 5.74) is 0.556. The summed E-state index contributed by atoms with van der Waals surface area (Å²) >= 11 is 0. The summed E-state index contributed by atoms with van der Waals surface area (Å²) in [6.45, 7) is 10.3. The molecular formula is C20H26N2O5. The van der Waals surface area contributed by atoms with Crippen molar-refractivity contribution in [1.29, 1.82) is 0 Å². The molecule has 0 spiro atoms. The van der Waals surface area contributed by atoms with Crippen LogP contribution < -0.4 is 10.9 Å². The second-order valence-electron chi connectivity index (χ2n) is 7.50. The Hall–Kier alpha value is -3.09. The van der Waals surface area contributed by atoms with Gasteiger partial charge in [0.1, 0.15) is 12.3 Å². The number of nitrogens with zero attached hydrogens (tertiary/aromatic N) is 1. The quantitative estimate of drug-likeness (QED) is 0.825. The molecule has 0 aliphatic rings. The molecule has 0 saturated heterocycles. The molecule has 0 atom stereocenters. The molecule has 0 saturated carbocycles. The maximum atomic E-state index is 12.0. The summed E-state index contributed by atoms with van der Waals surface area (Å²) in [4.78, 5) is 34.6. The van der Waals surface area contributed by atoms with Crippen molar-refractivity contribution in [1.82, 2.24) is 4.57 Å². The molecule has 27 heavy (non-hydrogen) atoms. The van der Waals surface area contributed by atoms with Crippen LogP contribution in [-0.4, -0.2) is 21.9 Å². The third-order valence-electron chi connectivity index (χ3n) is 2.92. The third kappa shape index (κ3) is 8.22. The van der Waals surface area contributed by atoms with Crippen LogP contribution in [0.5, 0.6) is 0 Å². The van der Waals surface area contributed by atoms with Crippen molar-refractivity contribution in [2.45, 2.75) is 41.2 Å². The maximum Gasteiger partial charge on any atom is 0.418 e. The first-order chi connectivity index (χ1) is 12.5. The van der Waals surface area contributed by atoms with Crippen LogP contribution >= 0.6 is 0 Å². The van der Waals surface area contributed by atoms with Crippen LogP contribution in [0.25, 0.3) is 0 Å². The van der Waals surface area contributed by atoms with E-state index in [9.17, 15) is 14.4 Å². The number of pyridine rings is 1. The van der Waals surface area contributed by atoms with Crippen LogP contribution in [0.1, 0.15) is 39.0 Å². The van der Waals surface area contributed by atoms with Gasteiger partial charge in [-0.1, -0.05) is 58.0 Å². The molecule has 0 bridgehead atoms. The van der Waals surface area contributed by atoms with Crippen LogP contribution in [0.15, 0.2) is 47.3 Å². The highest BCUT2D eigenvalue weighted by molar-refractivity contribution is 5.85. The zero-order valence-electron chi connectivity index (χ0n) is 16.3. The molecule has 2 aromatic rings. The highest BCUT2D eigenvalue weighted by Crippen LogP contribution is 2.08. The zero-order valence-corrected chi connectivity index (χ0v) is 16.3. The minimum Gasteiger partial charge on any atom is -0.464 e. The number of benzene rings is 1. The monoisotopic (exact) mass is 374 g/mol. The van der Waals surface area contributed by atoms with Gasteiger partial charge < -0.3 is 9.84 Å². The minimum absolute atomic E-state index is 0.0473. The average Bonchev–Trinajstić information content (AvgIpc) is 2.55. The summed E-state index contributed by atoms with van der Waals surface area (Å²) in [7, 11) is 0. The Bertz CT molecular complexity index is 830. The minimum atomic E-state index is -1.41. The smallest absolute Gasteiger partial charge is 0.418 e. The highest BCUT2D eigenvalue weighted by atomic mass is 16.5. The summed E-state index contributed by atoms with van der Waals surface area (Å²) in [5.74, 6) is 0. The largest absolute Gasteiger partial charge is 0.464 e. The predicted octanol–water partition coefficient (Wildman–Crippen LogP) is 4.48. The van der Waals surface area contributed by atoms with Crippen molar-refractivity contribution in [2.75, 3.05) is 5.32 Å². The van der Waals surface area contributed by atoms with E-state index in [1.165, 1.54) is 19.1 Å². The lowest BCUT2D eigenvalue weighted by molar-refractivity contribution is 0.155. The number of carbonyl (C=O) groups excluding carboxylic acids is 1. The Morgan fingerprint density at radius 3 is 2.15 bits per heavy atom. The molecule has 7 heteroatoms. The fourth-order valence-corrected chi connectivity index (χ4v) is 1.83. The van der Waals surface area contributed by atoms with E-state index in [0.717, 1.165) is 5.56 Å². The molecule has 0 fully saturated rings. The number of anilines is 1. The van der Waals surface area contributed by atoms with Crippen molar-refractivity contribution in [3.63, 3.8) is 0 Å². The lowest BCUT2D eigenvalue weighted by atomic mass is 10.0. The Balaban J connectivity index is 0.000000646. The number of rotatable bonds is 3. The van der Waals surface area contributed by atoms with Crippen LogP contribution in [0.3, 0.4) is 0 Å². The first-order valence-corrected chi connectivity index (χ1v) is 8.42. The molecule has 1 amide bonds. The molecule has 0 aliphatic carbocycles. The van der Waals surface area contributed by atoms with Crippen molar-refractivity contribution in [2.24, 2.45) is 5.41 Å². The molecular weight excluding hydrogens is 348 g/mol. The fourth-order valence-electron chi connectivity index (χ4n) is 1.83. The van der Waals surface area contributed by atoms with E-state index in [2.05, 4.69) is 33.0 Å². The molecule has 2 N–H and O–H groups in total. The van der Waals surface area contributed by atoms with E-state index >= 15 is 0 Å². The van der Waals surface area contributed by atoms with E-state index in [1.54, 1.807) is 12.1 Å². The van der Waals surface area contributed by atoms with Gasteiger partial charge in [0.15, 0.2) is 0 Å². The number of aromatic nitrogens is 1. The fraction of sp³-hybridized carbons (Fsp3) is 0.350. The lowest BCUT2D eigenvalue weighted by Gasteiger charge is -2.09. The number of hydrogen-bond acceptors (Lipinski definition) is 4. The maximum absolute atomic E-state index is 12.0. The molecule has 0 aliphatic heterocycles. The average molecular weight is 374 g/mol. The van der Waals surface area contributed by atoms with E-state index in [1.807, 2.05) is 18.2 Å². The number of aryl methyl sites for hydroxylation is 1. The van der Waals surface area contributed by atoms with E-state index in [0.29, 0.717) is 9.98 Å². The van der Waals surface area contributed by atoms with Gasteiger partial charge in [0.25, 0.3) is 5.56 Å². The van der Waals surface area contributed by atoms with Gasteiger partial charge in [0.2, 0.25) is 0 Å². The Morgan fingerprint density at radius 1 is 1.07 bits per heavy atom. The van der Waals surface area contributed by atoms with Gasteiger partial charge in [-0.2, -0.15) is 0 Å². The van der Waals surface area contributed by atoms with Crippen molar-refractivity contribution < 1.29 is 19.4 Å². The van der Waals surface area contributed by atoms with Crippen molar-refractivity contribution >= 4 is 17.9 Å². The second kappa shape index (κ2) is 9.56. The SMILES string of the molecule is CC(C)(C)C.Cc1ccc(NC(=O)OCc2ccccc2)c(=O)n1C(=O)O. The Kier molecular flexibility index (Phi) is 7.78. The zero-order chi connectivity index (χ0) is 20.6. The first kappa shape index (κ1) is 22.0. The Labute approximate surface area is 158 Å². The predicted molar refractivity (Wildman–Crippen MR) is 104 cm³/mol. The topological polar surface area (TPSA) is 97.6 Å². The molecule has 1 aromatic heterocycles. The number of nitrogens with one attached hydrogen (secondary N) is 1. The standard InChI is InChI=1S/C15H14N2O5.C5H12/c1-10-7-8-12(13(18)17(10)15(20)21)16-14(19)22-9-11-5-3-2-4-6-11;1-5(2,3)4/h2-8H,9H2,1H3,(H,16,19)(H,20,21);1-4H3. The van der Waals surface area contributed by atoms with Gasteiger partial charge in [-0.3, -0.25) is 10.1 Å². The second-order valence-corrected chi connectivity index (χ2v) is 7.50. The van der Waals surface area contributed by atoms with E-state index in [-0.39, 0.29) is 18.0 Å².